The van der Waals surface area contributed by atoms with Crippen LogP contribution in [0.1, 0.15) is 36.3 Å². The molecule has 2 rings (SSSR count). The molecule has 0 atom stereocenters. The highest BCUT2D eigenvalue weighted by molar-refractivity contribution is 5.19. The van der Waals surface area contributed by atoms with Crippen LogP contribution in [-0.2, 0) is 24.0 Å². The molecule has 0 bridgehead atoms. The van der Waals surface area contributed by atoms with Gasteiger partial charge in [0.2, 0.25) is 0 Å². The Morgan fingerprint density at radius 2 is 2.05 bits per heavy atom. The number of ether oxygens (including phenoxy) is 1. The molecule has 1 aliphatic carbocycles. The van der Waals surface area contributed by atoms with E-state index in [1.54, 1.807) is 0 Å². The Labute approximate surface area is 110 Å². The van der Waals surface area contributed by atoms with Gasteiger partial charge in [0.05, 0.1) is 12.3 Å². The lowest BCUT2D eigenvalue weighted by atomic mass is 10.1. The third-order valence-corrected chi connectivity index (χ3v) is 3.22. The number of nitrogens with one attached hydrogen (secondary N) is 1. The number of aromatic nitrogens is 2. The van der Waals surface area contributed by atoms with E-state index in [1.165, 1.54) is 0 Å². The Morgan fingerprint density at radius 1 is 1.26 bits per heavy atom. The van der Waals surface area contributed by atoms with Crippen LogP contribution >= 0.6 is 0 Å². The van der Waals surface area contributed by atoms with E-state index in [0.717, 1.165) is 43.4 Å². The fraction of sp³-hybridized carbons (Fsp3) is 0.692. The molecule has 1 heterocycles. The van der Waals surface area contributed by atoms with Crippen LogP contribution in [0.4, 0.5) is 8.78 Å². The van der Waals surface area contributed by atoms with E-state index in [-0.39, 0.29) is 12.2 Å². The number of H-pyrrole nitrogens is 1. The second kappa shape index (κ2) is 6.75. The summed E-state index contributed by atoms with van der Waals surface area (Å²) in [6, 6.07) is 0. The topological polar surface area (TPSA) is 55.0 Å². The van der Waals surface area contributed by atoms with Crippen LogP contribution in [0.25, 0.3) is 0 Å². The second-order valence-electron chi connectivity index (χ2n) is 4.71. The van der Waals surface area contributed by atoms with Gasteiger partial charge in [0.1, 0.15) is 12.4 Å². The normalized spacial score (nSPS) is 15.3. The van der Waals surface area contributed by atoms with Crippen molar-refractivity contribution in [3.05, 3.63) is 27.4 Å². The summed E-state index contributed by atoms with van der Waals surface area (Å²) in [5.41, 5.74) is 1.57. The number of aryl methyl sites for hydroxylation is 1. The predicted octanol–water partition coefficient (Wildman–Crippen LogP) is 1.86. The average molecular weight is 272 g/mol. The molecule has 0 unspecified atom stereocenters. The Bertz CT molecular complexity index is 474. The summed E-state index contributed by atoms with van der Waals surface area (Å²) >= 11 is 0. The van der Waals surface area contributed by atoms with Crippen LogP contribution in [0, 0.1) is 0 Å². The highest BCUT2D eigenvalue weighted by atomic mass is 19.3. The molecule has 0 aromatic carbocycles. The van der Waals surface area contributed by atoms with Crippen molar-refractivity contribution in [2.24, 2.45) is 0 Å². The van der Waals surface area contributed by atoms with Gasteiger partial charge >= 0.3 is 0 Å². The number of hydrogen-bond donors (Lipinski definition) is 1. The van der Waals surface area contributed by atoms with Gasteiger partial charge in [0.25, 0.3) is 12.0 Å². The van der Waals surface area contributed by atoms with Gasteiger partial charge in [-0.25, -0.2) is 13.8 Å². The van der Waals surface area contributed by atoms with E-state index in [0.29, 0.717) is 12.2 Å². The molecule has 1 aliphatic rings. The maximum Gasteiger partial charge on any atom is 0.261 e. The van der Waals surface area contributed by atoms with Gasteiger partial charge in [0.15, 0.2) is 0 Å². The zero-order valence-electron chi connectivity index (χ0n) is 10.8. The van der Waals surface area contributed by atoms with E-state index < -0.39 is 13.0 Å². The van der Waals surface area contributed by atoms with Crippen molar-refractivity contribution in [2.75, 3.05) is 13.2 Å². The lowest BCUT2D eigenvalue weighted by Gasteiger charge is -2.07. The molecule has 0 radical (unpaired) electrons. The van der Waals surface area contributed by atoms with Crippen molar-refractivity contribution < 1.29 is 13.5 Å². The van der Waals surface area contributed by atoms with Crippen LogP contribution < -0.4 is 5.56 Å². The molecule has 106 valence electrons. The SMILES string of the molecule is O=c1[nH]c(CCOCC(F)F)nc2c1CCCCC2. The maximum absolute atomic E-state index is 11.9. The van der Waals surface area contributed by atoms with Crippen molar-refractivity contribution in [1.82, 2.24) is 9.97 Å². The summed E-state index contributed by atoms with van der Waals surface area (Å²) in [5, 5.41) is 0. The van der Waals surface area contributed by atoms with Crippen molar-refractivity contribution in [3.63, 3.8) is 0 Å². The molecule has 0 fully saturated rings. The van der Waals surface area contributed by atoms with Gasteiger partial charge in [0, 0.05) is 12.0 Å². The van der Waals surface area contributed by atoms with Gasteiger partial charge < -0.3 is 9.72 Å². The first-order valence-corrected chi connectivity index (χ1v) is 6.63. The lowest BCUT2D eigenvalue weighted by Crippen LogP contribution is -2.20. The van der Waals surface area contributed by atoms with Crippen LogP contribution in [-0.4, -0.2) is 29.6 Å². The van der Waals surface area contributed by atoms with E-state index in [1.807, 2.05) is 0 Å². The quantitative estimate of drug-likeness (QED) is 0.657. The average Bonchev–Trinajstić information content (AvgIpc) is 2.60. The Balaban J connectivity index is 2.00. The van der Waals surface area contributed by atoms with Crippen LogP contribution in [0.3, 0.4) is 0 Å². The molecule has 19 heavy (non-hydrogen) atoms. The number of nitrogens with zero attached hydrogens (tertiary/aromatic N) is 1. The van der Waals surface area contributed by atoms with E-state index in [9.17, 15) is 13.6 Å². The Hall–Kier alpha value is -1.30. The fourth-order valence-electron chi connectivity index (χ4n) is 2.29. The second-order valence-corrected chi connectivity index (χ2v) is 4.71. The molecule has 6 heteroatoms. The standard InChI is InChI=1S/C13H18F2N2O2/c14-11(15)8-19-7-6-12-16-10-5-3-1-2-4-9(10)13(18)17-12/h11H,1-8H2,(H,16,17,18). The third kappa shape index (κ3) is 4.09. The number of rotatable bonds is 5. The number of alkyl halides is 2. The number of hydrogen-bond acceptors (Lipinski definition) is 3. The van der Waals surface area contributed by atoms with Gasteiger partial charge in [-0.1, -0.05) is 6.42 Å². The maximum atomic E-state index is 11.9. The smallest absolute Gasteiger partial charge is 0.261 e. The lowest BCUT2D eigenvalue weighted by molar-refractivity contribution is 0.0182. The Kier molecular flexibility index (Phi) is 5.01. The van der Waals surface area contributed by atoms with Gasteiger partial charge in [-0.3, -0.25) is 4.79 Å². The fourth-order valence-corrected chi connectivity index (χ4v) is 2.29. The molecule has 1 aromatic heterocycles. The zero-order chi connectivity index (χ0) is 13.7. The van der Waals surface area contributed by atoms with E-state index in [4.69, 9.17) is 4.74 Å². The first-order valence-electron chi connectivity index (χ1n) is 6.63. The summed E-state index contributed by atoms with van der Waals surface area (Å²) in [6.45, 7) is -0.429. The van der Waals surface area contributed by atoms with Crippen molar-refractivity contribution in [1.29, 1.82) is 0 Å². The minimum absolute atomic E-state index is 0.0873. The van der Waals surface area contributed by atoms with Crippen molar-refractivity contribution >= 4 is 0 Å². The van der Waals surface area contributed by atoms with Crippen molar-refractivity contribution in [3.8, 4) is 0 Å². The van der Waals surface area contributed by atoms with Gasteiger partial charge in [-0.15, -0.1) is 0 Å². The largest absolute Gasteiger partial charge is 0.375 e. The minimum atomic E-state index is -2.46. The molecule has 0 saturated carbocycles. The molecular weight excluding hydrogens is 254 g/mol. The zero-order valence-corrected chi connectivity index (χ0v) is 10.8. The summed E-state index contributed by atoms with van der Waals surface area (Å²) < 4.78 is 28.6. The van der Waals surface area contributed by atoms with Crippen molar-refractivity contribution in [2.45, 2.75) is 45.0 Å². The molecule has 4 nitrogen and oxygen atoms in total. The summed E-state index contributed by atoms with van der Waals surface area (Å²) in [6.07, 6.45) is 2.68. The molecule has 0 amide bonds. The summed E-state index contributed by atoms with van der Waals surface area (Å²) in [4.78, 5) is 19.1. The first kappa shape index (κ1) is 14.1. The molecule has 0 aliphatic heterocycles. The van der Waals surface area contributed by atoms with Gasteiger partial charge in [-0.05, 0) is 25.7 Å². The van der Waals surface area contributed by atoms with E-state index in [2.05, 4.69) is 9.97 Å². The van der Waals surface area contributed by atoms with Crippen LogP contribution in [0.15, 0.2) is 4.79 Å². The molecule has 0 saturated heterocycles. The van der Waals surface area contributed by atoms with Crippen LogP contribution in [0.2, 0.25) is 0 Å². The monoisotopic (exact) mass is 272 g/mol. The van der Waals surface area contributed by atoms with Gasteiger partial charge in [-0.2, -0.15) is 0 Å². The Morgan fingerprint density at radius 3 is 2.84 bits per heavy atom. The summed E-state index contributed by atoms with van der Waals surface area (Å²) in [7, 11) is 0. The third-order valence-electron chi connectivity index (χ3n) is 3.22. The highest BCUT2D eigenvalue weighted by Gasteiger charge is 2.14. The number of fused-ring (bicyclic) bond motifs is 1. The van der Waals surface area contributed by atoms with E-state index >= 15 is 0 Å². The number of halogens is 2. The minimum Gasteiger partial charge on any atom is -0.375 e. The molecule has 0 spiro atoms. The highest BCUT2D eigenvalue weighted by Crippen LogP contribution is 2.15. The summed E-state index contributed by atoms with van der Waals surface area (Å²) in [5.74, 6) is 0.528. The predicted molar refractivity (Wildman–Crippen MR) is 66.6 cm³/mol. The first-order chi connectivity index (χ1) is 9.16. The molecule has 1 aromatic rings. The molecule has 1 N–H and O–H groups in total. The molecular formula is C13H18F2N2O2. The number of aromatic amines is 1. The van der Waals surface area contributed by atoms with Crippen LogP contribution in [0.5, 0.6) is 0 Å².